The quantitative estimate of drug-likeness (QED) is 0.285. The highest BCUT2D eigenvalue weighted by molar-refractivity contribution is 7.51. The molecule has 0 radical (unpaired) electrons. The second kappa shape index (κ2) is 3.47. The van der Waals surface area contributed by atoms with E-state index < -0.39 is 19.5 Å². The molecule has 0 aromatic rings. The van der Waals surface area contributed by atoms with Gasteiger partial charge in [0.15, 0.2) is 0 Å². The molecule has 0 saturated carbocycles. The van der Waals surface area contributed by atoms with Crippen LogP contribution in [0.4, 0.5) is 0 Å². The molecule has 0 saturated heterocycles. The Kier molecular flexibility index (Phi) is 3.18. The second-order valence-corrected chi connectivity index (χ2v) is 3.42. The molecule has 0 bridgehead atoms. The van der Waals surface area contributed by atoms with E-state index in [1.165, 1.54) is 5.48 Å². The first-order valence-electron chi connectivity index (χ1n) is 2.35. The number of nitrogens with one attached hydrogen (secondary N) is 1. The minimum absolute atomic E-state index is 0.801. The van der Waals surface area contributed by atoms with Crippen LogP contribution in [0.25, 0.3) is 0 Å². The summed E-state index contributed by atoms with van der Waals surface area (Å²) in [4.78, 5) is 28.2. The number of hydrogen-bond donors (Lipinski definition) is 3. The summed E-state index contributed by atoms with van der Waals surface area (Å²) in [5.74, 6) is -3.29. The molecule has 8 heteroatoms. The first-order valence-corrected chi connectivity index (χ1v) is 4.37. The van der Waals surface area contributed by atoms with Gasteiger partial charge in [-0.2, -0.15) is 4.62 Å². The van der Waals surface area contributed by atoms with E-state index in [4.69, 9.17) is 10.00 Å². The van der Waals surface area contributed by atoms with E-state index in [0.29, 0.717) is 0 Å². The number of carboxylic acid groups (broad SMARTS) is 1. The van der Waals surface area contributed by atoms with Crippen LogP contribution in [0.5, 0.6) is 0 Å². The molecule has 11 heavy (non-hydrogen) atoms. The third-order valence-corrected chi connectivity index (χ3v) is 0.932. The fourth-order valence-corrected chi connectivity index (χ4v) is 0.422. The highest BCUT2D eigenvalue weighted by Gasteiger charge is 2.16. The molecular weight excluding hydrogens is 177 g/mol. The van der Waals surface area contributed by atoms with Crippen molar-refractivity contribution in [1.82, 2.24) is 5.48 Å². The van der Waals surface area contributed by atoms with Crippen molar-refractivity contribution in [3.63, 3.8) is 0 Å². The summed E-state index contributed by atoms with van der Waals surface area (Å²) in [6.45, 7) is 0.801. The molecule has 1 unspecified atom stereocenters. The lowest BCUT2D eigenvalue weighted by Crippen LogP contribution is -2.29. The Morgan fingerprint density at radius 3 is 2.27 bits per heavy atom. The average molecular weight is 183 g/mol. The molecule has 0 aliphatic heterocycles. The van der Waals surface area contributed by atoms with Crippen molar-refractivity contribution in [2.45, 2.75) is 0 Å². The van der Waals surface area contributed by atoms with Gasteiger partial charge in [0.2, 0.25) is 0 Å². The first kappa shape index (κ1) is 10.1. The fraction of sp³-hybridized carbons (Fsp3) is 0.333. The molecule has 0 heterocycles. The van der Waals surface area contributed by atoms with E-state index in [1.54, 1.807) is 0 Å². The van der Waals surface area contributed by atoms with Gasteiger partial charge in [0.1, 0.15) is 0 Å². The van der Waals surface area contributed by atoms with Crippen LogP contribution in [-0.2, 0) is 18.8 Å². The van der Waals surface area contributed by atoms with Crippen molar-refractivity contribution in [3.8, 4) is 0 Å². The molecule has 3 N–H and O–H groups in total. The Morgan fingerprint density at radius 2 is 2.00 bits per heavy atom. The van der Waals surface area contributed by atoms with Crippen molar-refractivity contribution in [2.24, 2.45) is 0 Å². The highest BCUT2D eigenvalue weighted by Crippen LogP contribution is 2.34. The zero-order valence-corrected chi connectivity index (χ0v) is 6.37. The standard InChI is InChI=1S/C3H6NO6P/c1-11(8,9)10-4-2(5)3(6)7/h1H3,(H,4,5)(H,6,7)(H,8,9). The summed E-state index contributed by atoms with van der Waals surface area (Å²) >= 11 is 0. The molecule has 1 atom stereocenters. The number of carboxylic acids is 1. The average Bonchev–Trinajstić information content (AvgIpc) is 1.80. The van der Waals surface area contributed by atoms with Crippen LogP contribution in [0.3, 0.4) is 0 Å². The van der Waals surface area contributed by atoms with E-state index in [1.807, 2.05) is 0 Å². The van der Waals surface area contributed by atoms with Crippen LogP contribution in [0.2, 0.25) is 0 Å². The minimum Gasteiger partial charge on any atom is -0.474 e. The summed E-state index contributed by atoms with van der Waals surface area (Å²) in [6, 6.07) is 0. The number of rotatable bonds is 2. The lowest BCUT2D eigenvalue weighted by atomic mass is 10.7. The second-order valence-electron chi connectivity index (χ2n) is 1.63. The van der Waals surface area contributed by atoms with Gasteiger partial charge in [0, 0.05) is 6.66 Å². The van der Waals surface area contributed by atoms with Gasteiger partial charge >= 0.3 is 19.5 Å². The van der Waals surface area contributed by atoms with Gasteiger partial charge in [-0.1, -0.05) is 0 Å². The number of carbonyl (C=O) groups excluding carboxylic acids is 1. The monoisotopic (exact) mass is 183 g/mol. The van der Waals surface area contributed by atoms with Crippen LogP contribution < -0.4 is 5.48 Å². The van der Waals surface area contributed by atoms with Crippen LogP contribution in [0.15, 0.2) is 0 Å². The third kappa shape index (κ3) is 5.53. The Balaban J connectivity index is 3.82. The van der Waals surface area contributed by atoms with Crippen LogP contribution >= 0.6 is 7.60 Å². The lowest BCUT2D eigenvalue weighted by Gasteiger charge is -2.04. The predicted molar refractivity (Wildman–Crippen MR) is 32.6 cm³/mol. The van der Waals surface area contributed by atoms with Crippen LogP contribution in [0, 0.1) is 0 Å². The first-order chi connectivity index (χ1) is 4.83. The van der Waals surface area contributed by atoms with E-state index in [2.05, 4.69) is 4.62 Å². The molecule has 7 nitrogen and oxygen atoms in total. The number of aliphatic carboxylic acids is 1. The summed E-state index contributed by atoms with van der Waals surface area (Å²) in [5, 5.41) is 7.92. The molecule has 0 rings (SSSR count). The molecule has 0 aliphatic rings. The highest BCUT2D eigenvalue weighted by atomic mass is 31.2. The molecule has 0 fully saturated rings. The van der Waals surface area contributed by atoms with Gasteiger partial charge in [-0.05, 0) is 0 Å². The molecule has 0 aromatic heterocycles. The van der Waals surface area contributed by atoms with E-state index in [-0.39, 0.29) is 0 Å². The number of hydrogen-bond acceptors (Lipinski definition) is 4. The Bertz CT molecular complexity index is 218. The number of carbonyl (C=O) groups is 2. The van der Waals surface area contributed by atoms with Crippen molar-refractivity contribution < 1.29 is 28.8 Å². The van der Waals surface area contributed by atoms with Gasteiger partial charge < -0.3 is 10.00 Å². The summed E-state index contributed by atoms with van der Waals surface area (Å²) in [5.41, 5.74) is 1.27. The fourth-order valence-electron chi connectivity index (χ4n) is 0.170. The van der Waals surface area contributed by atoms with Gasteiger partial charge in [-0.25, -0.2) is 10.3 Å². The van der Waals surface area contributed by atoms with Crippen LogP contribution in [0.1, 0.15) is 0 Å². The molecule has 0 aromatic carbocycles. The Labute approximate surface area is 61.5 Å². The third-order valence-electron chi connectivity index (χ3n) is 0.502. The normalized spacial score (nSPS) is 15.1. The SMILES string of the molecule is CP(=O)(O)ONC(=O)C(=O)O. The van der Waals surface area contributed by atoms with Crippen molar-refractivity contribution in [3.05, 3.63) is 0 Å². The minimum atomic E-state index is -3.85. The van der Waals surface area contributed by atoms with E-state index in [0.717, 1.165) is 6.66 Å². The molecule has 1 amide bonds. The van der Waals surface area contributed by atoms with E-state index in [9.17, 15) is 14.2 Å². The molecule has 0 aliphatic carbocycles. The molecular formula is C3H6NO6P. The largest absolute Gasteiger partial charge is 0.474 e. The summed E-state index contributed by atoms with van der Waals surface area (Å²) < 4.78 is 14.1. The summed E-state index contributed by atoms with van der Waals surface area (Å²) in [7, 11) is -3.85. The smallest absolute Gasteiger partial charge is 0.396 e. The van der Waals surface area contributed by atoms with Crippen LogP contribution in [-0.4, -0.2) is 28.5 Å². The Morgan fingerprint density at radius 1 is 1.55 bits per heavy atom. The Hall–Kier alpha value is -0.910. The van der Waals surface area contributed by atoms with Gasteiger partial charge in [0.05, 0.1) is 0 Å². The topological polar surface area (TPSA) is 113 Å². The number of amides is 1. The maximum absolute atomic E-state index is 10.3. The van der Waals surface area contributed by atoms with Gasteiger partial charge in [0.25, 0.3) is 0 Å². The van der Waals surface area contributed by atoms with Gasteiger partial charge in [-0.3, -0.25) is 9.36 Å². The van der Waals surface area contributed by atoms with Crippen molar-refractivity contribution in [1.29, 1.82) is 0 Å². The van der Waals surface area contributed by atoms with E-state index >= 15 is 0 Å². The predicted octanol–water partition coefficient (Wildman–Crippen LogP) is -1.07. The zero-order valence-electron chi connectivity index (χ0n) is 5.47. The molecule has 64 valence electrons. The number of hydroxylamine groups is 1. The van der Waals surface area contributed by atoms with Gasteiger partial charge in [-0.15, -0.1) is 0 Å². The van der Waals surface area contributed by atoms with Crippen molar-refractivity contribution >= 4 is 19.5 Å². The lowest BCUT2D eigenvalue weighted by molar-refractivity contribution is -0.153. The van der Waals surface area contributed by atoms with Crippen molar-refractivity contribution in [2.75, 3.05) is 6.66 Å². The summed E-state index contributed by atoms with van der Waals surface area (Å²) in [6.07, 6.45) is 0. The molecule has 0 spiro atoms. The zero-order chi connectivity index (χ0) is 9.07. The maximum Gasteiger partial charge on any atom is 0.396 e. The maximum atomic E-state index is 10.3.